The van der Waals surface area contributed by atoms with E-state index in [9.17, 15) is 0 Å². The molecular weight excluding hydrogens is 1020 g/mol. The van der Waals surface area contributed by atoms with Gasteiger partial charge >= 0.3 is 62.6 Å². The normalized spacial score (nSPS) is 11.7. The molecule has 0 spiro atoms. The standard InChI is InChI=1S/2C22H27N.C2H6Si.2ClH.2HI.Zr/c2*1-5-6-8-17-15-19-9-7-10-21(22(19)16-17)18-11-13-20(14-12-18)23(2,3)4;1-3-2;;;;;/h2*7,9-16H,5-6,8H2,1-4H3;1-2H3;4*1H;/q;;;;;;;+4/p-4. The van der Waals surface area contributed by atoms with Gasteiger partial charge in [-0.2, -0.15) is 12.1 Å². The zero-order valence-corrected chi connectivity index (χ0v) is 43.3. The van der Waals surface area contributed by atoms with Crippen molar-refractivity contribution in [1.29, 1.82) is 0 Å². The van der Waals surface area contributed by atoms with Crippen LogP contribution in [0.1, 0.15) is 50.7 Å². The quantitative estimate of drug-likeness (QED) is 0.0555. The summed E-state index contributed by atoms with van der Waals surface area (Å²) in [5, 5.41) is 5.50. The van der Waals surface area contributed by atoms with Crippen LogP contribution in [-0.2, 0) is 22.3 Å². The molecule has 6 rings (SSSR count). The van der Waals surface area contributed by atoms with Crippen LogP contribution >= 0.6 is 53.1 Å². The predicted molar refractivity (Wildman–Crippen MR) is 264 cm³/mol. The second-order valence-corrected chi connectivity index (χ2v) is 73.0. The van der Waals surface area contributed by atoms with Gasteiger partial charge in [-0.1, -0.05) is 75.9 Å². The van der Waals surface area contributed by atoms with Crippen LogP contribution in [0.25, 0.3) is 43.8 Å². The molecule has 0 aromatic heterocycles. The fourth-order valence-electron chi connectivity index (χ4n) is 6.32. The molecule has 54 heavy (non-hydrogen) atoms. The summed E-state index contributed by atoms with van der Waals surface area (Å²) in [6.45, 7) is 8.81. The van der Waals surface area contributed by atoms with Gasteiger partial charge in [0.25, 0.3) is 0 Å². The van der Waals surface area contributed by atoms with E-state index in [1.807, 2.05) is 0 Å². The van der Waals surface area contributed by atoms with Crippen LogP contribution in [0.15, 0.2) is 109 Å². The molecule has 0 N–H and O–H groups in total. The Hall–Kier alpha value is -0.840. The molecule has 8 heteroatoms. The molecule has 0 aliphatic rings. The van der Waals surface area contributed by atoms with E-state index in [1.54, 1.807) is 0 Å². The van der Waals surface area contributed by atoms with Crippen LogP contribution in [0.4, 0.5) is 11.4 Å². The Morgan fingerprint density at radius 2 is 0.889 bits per heavy atom. The number of aryl methyl sites for hydroxylation is 2. The van der Waals surface area contributed by atoms with E-state index >= 15 is 0 Å². The third-order valence-electron chi connectivity index (χ3n) is 9.16. The molecule has 6 aromatic carbocycles. The third-order valence-corrected chi connectivity index (χ3v) is 9.16. The number of hydrogen-bond acceptors (Lipinski definition) is 0. The molecule has 0 fully saturated rings. The molecule has 0 heterocycles. The number of nitrogens with zero attached hydrogens (tertiary/aromatic N) is 2. The molecule has 2 radical (unpaired) electrons. The zero-order chi connectivity index (χ0) is 40.1. The van der Waals surface area contributed by atoms with Gasteiger partial charge in [0.1, 0.15) is 11.4 Å². The van der Waals surface area contributed by atoms with Crippen molar-refractivity contribution in [3.05, 3.63) is 120 Å². The predicted octanol–water partition coefficient (Wildman–Crippen LogP) is 15.5. The Morgan fingerprint density at radius 1 is 0.574 bits per heavy atom. The van der Waals surface area contributed by atoms with Gasteiger partial charge < -0.3 is 0 Å². The number of unbranched alkanes of at least 4 members (excludes halogenated alkanes) is 2. The fraction of sp³-hybridized carbons (Fsp3) is 0.348. The Balaban J connectivity index is 0.000000243. The van der Waals surface area contributed by atoms with Crippen LogP contribution in [0, 0.1) is 0 Å². The molecule has 0 saturated carbocycles. The number of benzene rings is 4. The molecule has 0 aliphatic carbocycles. The van der Waals surface area contributed by atoms with Crippen LogP contribution in [-0.4, -0.2) is 51.8 Å². The molecule has 0 bridgehead atoms. The van der Waals surface area contributed by atoms with Crippen molar-refractivity contribution >= 4 is 95.6 Å². The number of fused-ring (bicyclic) bond motifs is 2. The number of halogens is 4. The SMILES string of the molecule is CCCCc1cc2c(-c3ccc([N+](C)(C)C)cc3)cccc2[cH-]1.CCCCc1cc2c(-c3ccc([N+](C)(C)C)cc3)cccc2[cH-]1.C[Si]C.[Cl][Zr]([Cl])([I])[I]. The Labute approximate surface area is 360 Å². The molecule has 0 amide bonds. The monoisotopic (exact) mass is 1080 g/mol. The summed E-state index contributed by atoms with van der Waals surface area (Å²) in [6, 6.07) is 40.8. The van der Waals surface area contributed by atoms with Crippen LogP contribution in [0.3, 0.4) is 0 Å². The van der Waals surface area contributed by atoms with Crippen molar-refractivity contribution in [2.24, 2.45) is 0 Å². The van der Waals surface area contributed by atoms with E-state index in [1.165, 1.54) is 105 Å². The van der Waals surface area contributed by atoms with Gasteiger partial charge in [0.2, 0.25) is 0 Å². The van der Waals surface area contributed by atoms with Crippen molar-refractivity contribution in [3.63, 3.8) is 0 Å². The van der Waals surface area contributed by atoms with E-state index in [4.69, 9.17) is 17.0 Å². The fourth-order valence-corrected chi connectivity index (χ4v) is 6.32. The van der Waals surface area contributed by atoms with Crippen LogP contribution < -0.4 is 8.97 Å². The summed E-state index contributed by atoms with van der Waals surface area (Å²) < 4.78 is 1.70. The molecule has 0 aliphatic heterocycles. The second kappa shape index (κ2) is 22.3. The molecule has 2 nitrogen and oxygen atoms in total. The third kappa shape index (κ3) is 15.5. The average molecular weight is 1090 g/mol. The van der Waals surface area contributed by atoms with E-state index in [2.05, 4.69) is 215 Å². The molecular formula is C46H60Cl2I2N2SiZr. The van der Waals surface area contributed by atoms with Crippen molar-refractivity contribution < 1.29 is 9.50 Å². The Kier molecular flexibility index (Phi) is 19.7. The number of hydrogen-bond donors (Lipinski definition) is 0. The first-order valence-electron chi connectivity index (χ1n) is 18.9. The topological polar surface area (TPSA) is 0 Å². The van der Waals surface area contributed by atoms with Gasteiger partial charge in [0.15, 0.2) is 0 Å². The van der Waals surface area contributed by atoms with E-state index in [0.29, 0.717) is 0 Å². The minimum atomic E-state index is -2.30. The van der Waals surface area contributed by atoms with Crippen LogP contribution in [0.2, 0.25) is 13.1 Å². The van der Waals surface area contributed by atoms with Gasteiger partial charge in [0, 0.05) is 9.52 Å². The van der Waals surface area contributed by atoms with Crippen molar-refractivity contribution in [2.45, 2.75) is 65.5 Å². The van der Waals surface area contributed by atoms with Crippen molar-refractivity contribution in [2.75, 3.05) is 42.3 Å². The first kappa shape index (κ1) is 47.5. The van der Waals surface area contributed by atoms with Gasteiger partial charge in [0.05, 0.1) is 42.3 Å². The first-order valence-corrected chi connectivity index (χ1v) is 41.9. The minimum absolute atomic E-state index is 0.849. The molecule has 0 unspecified atom stereocenters. The molecule has 6 aromatic rings. The summed E-state index contributed by atoms with van der Waals surface area (Å²) in [5.41, 5.74) is 10.9. The number of quaternary nitrogens is 2. The summed E-state index contributed by atoms with van der Waals surface area (Å²) in [5.74, 6) is 0. The van der Waals surface area contributed by atoms with E-state index in [-0.39, 0.29) is 0 Å². The summed E-state index contributed by atoms with van der Waals surface area (Å²) in [7, 11) is 23.0. The first-order chi connectivity index (χ1) is 25.4. The van der Waals surface area contributed by atoms with Gasteiger partial charge in [-0.05, 0) is 72.5 Å². The average Bonchev–Trinajstić information content (AvgIpc) is 3.73. The zero-order valence-electron chi connectivity index (χ0n) is 34.0. The summed E-state index contributed by atoms with van der Waals surface area (Å²) in [4.78, 5) is 0. The Morgan fingerprint density at radius 3 is 1.17 bits per heavy atom. The van der Waals surface area contributed by atoms with Crippen molar-refractivity contribution in [3.8, 4) is 22.3 Å². The second-order valence-electron chi connectivity index (χ2n) is 15.6. The van der Waals surface area contributed by atoms with E-state index < -0.39 is 9.50 Å². The van der Waals surface area contributed by atoms with Gasteiger partial charge in [-0.25, -0.2) is 0 Å². The number of rotatable bonds is 10. The van der Waals surface area contributed by atoms with E-state index in [0.717, 1.165) is 18.5 Å². The summed E-state index contributed by atoms with van der Waals surface area (Å²) in [6.07, 6.45) is 7.41. The maximum atomic E-state index is 5.48. The molecule has 0 saturated heterocycles. The molecule has 290 valence electrons. The van der Waals surface area contributed by atoms with Crippen molar-refractivity contribution in [1.82, 2.24) is 8.97 Å². The van der Waals surface area contributed by atoms with Gasteiger partial charge in [-0.15, -0.1) is 69.1 Å². The van der Waals surface area contributed by atoms with Crippen LogP contribution in [0.5, 0.6) is 0 Å². The summed E-state index contributed by atoms with van der Waals surface area (Å²) >= 11 is 4.21. The van der Waals surface area contributed by atoms with Gasteiger partial charge in [-0.3, -0.25) is 8.97 Å². The Bertz CT molecular complexity index is 1850. The molecule has 0 atom stereocenters. The maximum absolute atomic E-state index is 5.48.